The molecular formula is C22H20N2OS. The van der Waals surface area contributed by atoms with E-state index in [1.807, 2.05) is 6.07 Å². The molecule has 3 aromatic rings. The average Bonchev–Trinajstić information content (AvgIpc) is 3.32. The molecule has 0 saturated carbocycles. The molecule has 0 aliphatic carbocycles. The Balaban J connectivity index is 1.64. The smallest absolute Gasteiger partial charge is 0.214 e. The Kier molecular flexibility index (Phi) is 3.61. The van der Waals surface area contributed by atoms with Crippen molar-refractivity contribution in [3.8, 4) is 5.75 Å². The van der Waals surface area contributed by atoms with Crippen LogP contribution >= 0.6 is 11.3 Å². The van der Waals surface area contributed by atoms with Gasteiger partial charge in [-0.1, -0.05) is 48.0 Å². The largest absolute Gasteiger partial charge is 0.464 e. The summed E-state index contributed by atoms with van der Waals surface area (Å²) in [5.41, 5.74) is 6.05. The standard InChI is InChI=1S/C22H20N2OS/c1-14-9-10-15(2)17(12-14)22-24-19(16-6-3-4-7-20(16)25-22)13-18(23-24)21-8-5-11-26-21/h3-12,19,22H,13H2,1-2H3/t19-,22+/m0/s1. The van der Waals surface area contributed by atoms with E-state index >= 15 is 0 Å². The Morgan fingerprint density at radius 1 is 1.04 bits per heavy atom. The van der Waals surface area contributed by atoms with E-state index in [1.165, 1.54) is 27.1 Å². The number of benzene rings is 2. The molecule has 0 fully saturated rings. The van der Waals surface area contributed by atoms with Gasteiger partial charge in [0.15, 0.2) is 0 Å². The Hall–Kier alpha value is -2.59. The van der Waals surface area contributed by atoms with Crippen LogP contribution in [0.15, 0.2) is 65.1 Å². The summed E-state index contributed by atoms with van der Waals surface area (Å²) in [7, 11) is 0. The molecule has 0 bridgehead atoms. The number of rotatable bonds is 2. The highest BCUT2D eigenvalue weighted by Crippen LogP contribution is 2.48. The lowest BCUT2D eigenvalue weighted by molar-refractivity contribution is -0.0194. The predicted molar refractivity (Wildman–Crippen MR) is 106 cm³/mol. The Morgan fingerprint density at radius 2 is 1.92 bits per heavy atom. The topological polar surface area (TPSA) is 24.8 Å². The fraction of sp³-hybridized carbons (Fsp3) is 0.227. The fourth-order valence-corrected chi connectivity index (χ4v) is 4.58. The van der Waals surface area contributed by atoms with Gasteiger partial charge < -0.3 is 4.74 Å². The second kappa shape index (κ2) is 5.99. The maximum absolute atomic E-state index is 6.46. The Labute approximate surface area is 157 Å². The number of thiophene rings is 1. The highest BCUT2D eigenvalue weighted by atomic mass is 32.1. The minimum atomic E-state index is -0.188. The van der Waals surface area contributed by atoms with Gasteiger partial charge in [0.2, 0.25) is 6.23 Å². The SMILES string of the molecule is Cc1ccc(C)c([C@H]2Oc3ccccc3[C@@H]3CC(c4cccs4)=NN23)c1. The van der Waals surface area contributed by atoms with Crippen LogP contribution in [-0.2, 0) is 0 Å². The van der Waals surface area contributed by atoms with Gasteiger partial charge in [0.25, 0.3) is 0 Å². The molecule has 26 heavy (non-hydrogen) atoms. The average molecular weight is 360 g/mol. The fourth-order valence-electron chi connectivity index (χ4n) is 3.86. The van der Waals surface area contributed by atoms with Gasteiger partial charge >= 0.3 is 0 Å². The van der Waals surface area contributed by atoms with Crippen LogP contribution in [0.5, 0.6) is 5.75 Å². The van der Waals surface area contributed by atoms with E-state index < -0.39 is 0 Å². The van der Waals surface area contributed by atoms with Crippen LogP contribution in [0.3, 0.4) is 0 Å². The van der Waals surface area contributed by atoms with Gasteiger partial charge in [-0.3, -0.25) is 0 Å². The number of nitrogens with zero attached hydrogens (tertiary/aromatic N) is 2. The van der Waals surface area contributed by atoms with Gasteiger partial charge in [-0.05, 0) is 36.9 Å². The van der Waals surface area contributed by atoms with Crippen LogP contribution < -0.4 is 4.74 Å². The van der Waals surface area contributed by atoms with Gasteiger partial charge in [0.05, 0.1) is 16.6 Å². The second-order valence-electron chi connectivity index (χ2n) is 6.99. The Bertz CT molecular complexity index is 993. The van der Waals surface area contributed by atoms with Crippen LogP contribution in [0, 0.1) is 13.8 Å². The van der Waals surface area contributed by atoms with Crippen LogP contribution in [0.25, 0.3) is 0 Å². The van der Waals surface area contributed by atoms with Crippen molar-refractivity contribution < 1.29 is 4.74 Å². The van der Waals surface area contributed by atoms with Gasteiger partial charge in [-0.2, -0.15) is 5.10 Å². The summed E-state index contributed by atoms with van der Waals surface area (Å²) in [5, 5.41) is 9.29. The van der Waals surface area contributed by atoms with E-state index in [4.69, 9.17) is 9.84 Å². The molecule has 0 unspecified atom stereocenters. The van der Waals surface area contributed by atoms with E-state index in [-0.39, 0.29) is 12.3 Å². The summed E-state index contributed by atoms with van der Waals surface area (Å²) in [4.78, 5) is 1.25. The zero-order valence-corrected chi connectivity index (χ0v) is 15.7. The number of hydrazone groups is 1. The van der Waals surface area contributed by atoms with Crippen LogP contribution in [-0.4, -0.2) is 10.7 Å². The van der Waals surface area contributed by atoms with Crippen LogP contribution in [0.1, 0.15) is 45.8 Å². The summed E-state index contributed by atoms with van der Waals surface area (Å²) in [6, 6.07) is 19.4. The molecule has 130 valence electrons. The molecule has 4 heteroatoms. The highest BCUT2D eigenvalue weighted by Gasteiger charge is 2.41. The molecule has 2 aliphatic heterocycles. The number of fused-ring (bicyclic) bond motifs is 3. The third-order valence-corrected chi connectivity index (χ3v) is 6.12. The predicted octanol–water partition coefficient (Wildman–Crippen LogP) is 5.61. The maximum atomic E-state index is 6.46. The monoisotopic (exact) mass is 360 g/mol. The van der Waals surface area contributed by atoms with Crippen molar-refractivity contribution in [2.75, 3.05) is 0 Å². The number of hydrogen-bond acceptors (Lipinski definition) is 4. The van der Waals surface area contributed by atoms with E-state index in [1.54, 1.807) is 11.3 Å². The lowest BCUT2D eigenvalue weighted by Crippen LogP contribution is -2.34. The van der Waals surface area contributed by atoms with Crippen molar-refractivity contribution in [3.63, 3.8) is 0 Å². The van der Waals surface area contributed by atoms with Crippen molar-refractivity contribution >= 4 is 17.0 Å². The molecule has 0 saturated heterocycles. The van der Waals surface area contributed by atoms with Crippen LogP contribution in [0.2, 0.25) is 0 Å². The minimum absolute atomic E-state index is 0.188. The number of aryl methyl sites for hydroxylation is 2. The molecule has 5 rings (SSSR count). The third kappa shape index (κ3) is 2.44. The molecule has 1 aromatic heterocycles. The van der Waals surface area contributed by atoms with E-state index in [0.29, 0.717) is 0 Å². The first kappa shape index (κ1) is 15.6. The Morgan fingerprint density at radius 3 is 2.77 bits per heavy atom. The summed E-state index contributed by atoms with van der Waals surface area (Å²) in [5.74, 6) is 0.974. The molecule has 0 radical (unpaired) electrons. The molecule has 3 heterocycles. The quantitative estimate of drug-likeness (QED) is 0.593. The van der Waals surface area contributed by atoms with Crippen molar-refractivity contribution in [1.82, 2.24) is 5.01 Å². The molecule has 3 nitrogen and oxygen atoms in total. The van der Waals surface area contributed by atoms with Crippen molar-refractivity contribution in [2.45, 2.75) is 32.5 Å². The number of para-hydroxylation sites is 1. The molecule has 0 N–H and O–H groups in total. The molecular weight excluding hydrogens is 340 g/mol. The van der Waals surface area contributed by atoms with Gasteiger partial charge in [0, 0.05) is 17.5 Å². The maximum Gasteiger partial charge on any atom is 0.214 e. The molecule has 2 aliphatic rings. The van der Waals surface area contributed by atoms with Gasteiger partial charge in [0.1, 0.15) is 5.75 Å². The van der Waals surface area contributed by atoms with Crippen molar-refractivity contribution in [2.24, 2.45) is 5.10 Å². The summed E-state index contributed by atoms with van der Waals surface area (Å²) in [6.07, 6.45) is 0.731. The minimum Gasteiger partial charge on any atom is -0.464 e. The van der Waals surface area contributed by atoms with E-state index in [9.17, 15) is 0 Å². The van der Waals surface area contributed by atoms with Crippen LogP contribution in [0.4, 0.5) is 0 Å². The summed E-state index contributed by atoms with van der Waals surface area (Å²) in [6.45, 7) is 4.27. The first-order valence-electron chi connectivity index (χ1n) is 8.93. The van der Waals surface area contributed by atoms with E-state index in [0.717, 1.165) is 17.9 Å². The second-order valence-corrected chi connectivity index (χ2v) is 7.94. The summed E-state index contributed by atoms with van der Waals surface area (Å²) >= 11 is 1.75. The lowest BCUT2D eigenvalue weighted by Gasteiger charge is -2.38. The zero-order valence-electron chi connectivity index (χ0n) is 14.8. The number of hydrogen-bond donors (Lipinski definition) is 0. The van der Waals surface area contributed by atoms with E-state index in [2.05, 4.69) is 72.8 Å². The number of ether oxygens (including phenoxy) is 1. The normalized spacial score (nSPS) is 21.0. The first-order chi connectivity index (χ1) is 12.7. The van der Waals surface area contributed by atoms with Crippen molar-refractivity contribution in [3.05, 3.63) is 87.1 Å². The van der Waals surface area contributed by atoms with Gasteiger partial charge in [-0.25, -0.2) is 5.01 Å². The molecule has 0 amide bonds. The third-order valence-electron chi connectivity index (χ3n) is 5.21. The molecule has 2 aromatic carbocycles. The first-order valence-corrected chi connectivity index (χ1v) is 9.81. The van der Waals surface area contributed by atoms with Crippen molar-refractivity contribution in [1.29, 1.82) is 0 Å². The molecule has 2 atom stereocenters. The van der Waals surface area contributed by atoms with Gasteiger partial charge in [-0.15, -0.1) is 11.3 Å². The molecule has 0 spiro atoms. The zero-order chi connectivity index (χ0) is 17.7. The highest BCUT2D eigenvalue weighted by molar-refractivity contribution is 7.12. The summed E-state index contributed by atoms with van der Waals surface area (Å²) < 4.78 is 6.46. The lowest BCUT2D eigenvalue weighted by atomic mass is 9.96.